The van der Waals surface area contributed by atoms with Crippen molar-refractivity contribution in [3.8, 4) is 5.75 Å². The first kappa shape index (κ1) is 9.49. The van der Waals surface area contributed by atoms with E-state index in [1.165, 1.54) is 0 Å². The molecule has 1 heterocycles. The Morgan fingerprint density at radius 2 is 1.93 bits per heavy atom. The van der Waals surface area contributed by atoms with E-state index in [2.05, 4.69) is 0 Å². The van der Waals surface area contributed by atoms with E-state index in [9.17, 15) is 10.2 Å². The predicted octanol–water partition coefficient (Wildman–Crippen LogP) is 1.25. The quantitative estimate of drug-likeness (QED) is 0.707. The van der Waals surface area contributed by atoms with E-state index in [-0.39, 0.29) is 0 Å². The van der Waals surface area contributed by atoms with Gasteiger partial charge >= 0.3 is 0 Å². The molecule has 1 aliphatic rings. The van der Waals surface area contributed by atoms with Crippen LogP contribution in [0.4, 0.5) is 0 Å². The molecule has 0 unspecified atom stereocenters. The van der Waals surface area contributed by atoms with Crippen LogP contribution < -0.4 is 4.74 Å². The third kappa shape index (κ3) is 1.38. The highest BCUT2D eigenvalue weighted by Crippen LogP contribution is 2.40. The van der Waals surface area contributed by atoms with Crippen LogP contribution in [0.5, 0.6) is 5.75 Å². The van der Waals surface area contributed by atoms with Gasteiger partial charge in [-0.15, -0.1) is 0 Å². The fraction of sp³-hybridized carbons (Fsp3) is 0.455. The van der Waals surface area contributed by atoms with Crippen molar-refractivity contribution >= 4 is 0 Å². The number of ether oxygens (including phenoxy) is 1. The number of para-hydroxylation sites is 1. The van der Waals surface area contributed by atoms with Crippen LogP contribution in [0.1, 0.15) is 25.5 Å². The number of aliphatic hydroxyl groups excluding tert-OH is 1. The number of rotatable bonds is 1. The van der Waals surface area contributed by atoms with Gasteiger partial charge in [-0.25, -0.2) is 0 Å². The smallest absolute Gasteiger partial charge is 0.157 e. The molecule has 0 fully saturated rings. The lowest BCUT2D eigenvalue weighted by Crippen LogP contribution is -2.41. The van der Waals surface area contributed by atoms with E-state index >= 15 is 0 Å². The van der Waals surface area contributed by atoms with Gasteiger partial charge in [0.2, 0.25) is 0 Å². The van der Waals surface area contributed by atoms with Crippen LogP contribution in [0, 0.1) is 0 Å². The number of fused-ring (bicyclic) bond motifs is 1. The topological polar surface area (TPSA) is 49.7 Å². The van der Waals surface area contributed by atoms with Gasteiger partial charge < -0.3 is 14.9 Å². The van der Waals surface area contributed by atoms with Crippen molar-refractivity contribution in [2.24, 2.45) is 0 Å². The fourth-order valence-corrected chi connectivity index (χ4v) is 1.73. The highest BCUT2D eigenvalue weighted by Gasteiger charge is 2.41. The maximum absolute atomic E-state index is 9.89. The summed E-state index contributed by atoms with van der Waals surface area (Å²) in [6, 6.07) is 7.30. The Hall–Kier alpha value is -1.06. The zero-order valence-corrected chi connectivity index (χ0v) is 8.27. The van der Waals surface area contributed by atoms with Crippen LogP contribution in [-0.4, -0.2) is 21.9 Å². The molecule has 1 aromatic carbocycles. The Kier molecular flexibility index (Phi) is 2.01. The molecule has 76 valence electrons. The molecule has 0 bridgehead atoms. The molecule has 3 heteroatoms. The van der Waals surface area contributed by atoms with Gasteiger partial charge in [0, 0.05) is 5.56 Å². The van der Waals surface area contributed by atoms with Gasteiger partial charge in [-0.1, -0.05) is 18.2 Å². The van der Waals surface area contributed by atoms with Crippen LogP contribution in [-0.2, 0) is 0 Å². The lowest BCUT2D eigenvalue weighted by molar-refractivity contribution is -0.0762. The summed E-state index contributed by atoms with van der Waals surface area (Å²) in [4.78, 5) is 0. The minimum atomic E-state index is -1.04. The summed E-state index contributed by atoms with van der Waals surface area (Å²) in [5, 5.41) is 19.7. The molecule has 1 aromatic rings. The van der Waals surface area contributed by atoms with Crippen LogP contribution in [0.3, 0.4) is 0 Å². The Morgan fingerprint density at radius 1 is 1.29 bits per heavy atom. The number of benzene rings is 1. The third-order valence-electron chi connectivity index (χ3n) is 2.47. The SMILES string of the molecule is CC(C)(O)[C@@H]1Oc2ccccc2[C@H]1O. The van der Waals surface area contributed by atoms with E-state index in [4.69, 9.17) is 4.74 Å². The van der Waals surface area contributed by atoms with Gasteiger partial charge in [-0.05, 0) is 19.9 Å². The zero-order valence-electron chi connectivity index (χ0n) is 8.27. The summed E-state index contributed by atoms with van der Waals surface area (Å²) in [6.45, 7) is 3.26. The normalized spacial score (nSPS) is 25.7. The first-order chi connectivity index (χ1) is 6.50. The number of hydrogen-bond donors (Lipinski definition) is 2. The van der Waals surface area contributed by atoms with Crippen molar-refractivity contribution in [2.45, 2.75) is 31.7 Å². The molecule has 0 spiro atoms. The van der Waals surface area contributed by atoms with Crippen molar-refractivity contribution < 1.29 is 14.9 Å². The molecule has 14 heavy (non-hydrogen) atoms. The molecule has 0 amide bonds. The standard InChI is InChI=1S/C11H14O3/c1-11(2,13)10-9(12)7-5-3-4-6-8(7)14-10/h3-6,9-10,12-13H,1-2H3/t9-,10-/m1/s1. The number of aliphatic hydroxyl groups is 2. The van der Waals surface area contributed by atoms with Crippen molar-refractivity contribution in [2.75, 3.05) is 0 Å². The summed E-state index contributed by atoms with van der Waals surface area (Å²) in [7, 11) is 0. The average molecular weight is 194 g/mol. The van der Waals surface area contributed by atoms with Gasteiger partial charge in [-0.3, -0.25) is 0 Å². The minimum Gasteiger partial charge on any atom is -0.484 e. The molecule has 0 saturated heterocycles. The molecule has 0 saturated carbocycles. The maximum atomic E-state index is 9.89. The van der Waals surface area contributed by atoms with Crippen molar-refractivity contribution in [1.29, 1.82) is 0 Å². The molecule has 0 radical (unpaired) electrons. The number of hydrogen-bond acceptors (Lipinski definition) is 3. The molecule has 3 nitrogen and oxygen atoms in total. The predicted molar refractivity (Wildman–Crippen MR) is 52.1 cm³/mol. The van der Waals surface area contributed by atoms with Crippen molar-refractivity contribution in [1.82, 2.24) is 0 Å². The molecular formula is C11H14O3. The molecular weight excluding hydrogens is 180 g/mol. The van der Waals surface area contributed by atoms with E-state index in [0.29, 0.717) is 5.75 Å². The first-order valence-corrected chi connectivity index (χ1v) is 4.66. The largest absolute Gasteiger partial charge is 0.484 e. The summed E-state index contributed by atoms with van der Waals surface area (Å²) in [5.74, 6) is 0.659. The monoisotopic (exact) mass is 194 g/mol. The summed E-state index contributed by atoms with van der Waals surface area (Å²) in [5.41, 5.74) is -0.294. The second-order valence-electron chi connectivity index (χ2n) is 4.17. The maximum Gasteiger partial charge on any atom is 0.157 e. The van der Waals surface area contributed by atoms with Gasteiger partial charge in [0.15, 0.2) is 6.10 Å². The lowest BCUT2D eigenvalue weighted by Gasteiger charge is -2.27. The van der Waals surface area contributed by atoms with Gasteiger partial charge in [0.05, 0.1) is 5.60 Å². The molecule has 0 aliphatic carbocycles. The van der Waals surface area contributed by atoms with Crippen LogP contribution >= 0.6 is 0 Å². The Morgan fingerprint density at radius 3 is 2.50 bits per heavy atom. The summed E-state index contributed by atoms with van der Waals surface area (Å²) in [6.07, 6.45) is -1.33. The molecule has 2 N–H and O–H groups in total. The molecule has 1 aliphatic heterocycles. The van der Waals surface area contributed by atoms with E-state index in [1.807, 2.05) is 18.2 Å². The second-order valence-corrected chi connectivity index (χ2v) is 4.17. The Labute approximate surface area is 83.0 Å². The summed E-state index contributed by atoms with van der Waals surface area (Å²) < 4.78 is 5.48. The molecule has 2 atom stereocenters. The Bertz CT molecular complexity index is 341. The summed E-state index contributed by atoms with van der Waals surface area (Å²) >= 11 is 0. The van der Waals surface area contributed by atoms with E-state index in [0.717, 1.165) is 5.56 Å². The second kappa shape index (κ2) is 2.97. The average Bonchev–Trinajstić information content (AvgIpc) is 2.44. The molecule has 2 rings (SSSR count). The van der Waals surface area contributed by atoms with Gasteiger partial charge in [-0.2, -0.15) is 0 Å². The molecule has 0 aromatic heterocycles. The van der Waals surface area contributed by atoms with Gasteiger partial charge in [0.25, 0.3) is 0 Å². The third-order valence-corrected chi connectivity index (χ3v) is 2.47. The Balaban J connectivity index is 2.35. The lowest BCUT2D eigenvalue weighted by atomic mass is 9.95. The van der Waals surface area contributed by atoms with Gasteiger partial charge in [0.1, 0.15) is 11.9 Å². The van der Waals surface area contributed by atoms with Crippen LogP contribution in [0.2, 0.25) is 0 Å². The van der Waals surface area contributed by atoms with Crippen LogP contribution in [0.15, 0.2) is 24.3 Å². The van der Waals surface area contributed by atoms with Crippen molar-refractivity contribution in [3.63, 3.8) is 0 Å². The van der Waals surface area contributed by atoms with E-state index in [1.54, 1.807) is 19.9 Å². The van der Waals surface area contributed by atoms with Crippen LogP contribution in [0.25, 0.3) is 0 Å². The fourth-order valence-electron chi connectivity index (χ4n) is 1.73. The van der Waals surface area contributed by atoms with Crippen molar-refractivity contribution in [3.05, 3.63) is 29.8 Å². The van der Waals surface area contributed by atoms with E-state index < -0.39 is 17.8 Å². The minimum absolute atomic E-state index is 0.583. The highest BCUT2D eigenvalue weighted by molar-refractivity contribution is 5.40. The first-order valence-electron chi connectivity index (χ1n) is 4.66. The highest BCUT2D eigenvalue weighted by atomic mass is 16.5. The zero-order chi connectivity index (χ0) is 10.3.